The zero-order chi connectivity index (χ0) is 14.8. The van der Waals surface area contributed by atoms with E-state index < -0.39 is 0 Å². The van der Waals surface area contributed by atoms with Crippen molar-refractivity contribution in [1.82, 2.24) is 20.2 Å². The molecule has 0 radical (unpaired) electrons. The van der Waals surface area contributed by atoms with Crippen molar-refractivity contribution in [3.63, 3.8) is 0 Å². The molecule has 112 valence electrons. The molecule has 1 fully saturated rings. The van der Waals surface area contributed by atoms with E-state index in [1.165, 1.54) is 12.8 Å². The van der Waals surface area contributed by atoms with Crippen LogP contribution in [0, 0.1) is 5.92 Å². The number of hydrogen-bond acceptors (Lipinski definition) is 6. The highest BCUT2D eigenvalue weighted by Gasteiger charge is 2.23. The summed E-state index contributed by atoms with van der Waals surface area (Å²) in [5.74, 6) is 2.68. The van der Waals surface area contributed by atoms with E-state index in [1.807, 2.05) is 6.07 Å². The van der Waals surface area contributed by atoms with Gasteiger partial charge in [0.2, 0.25) is 0 Å². The first kappa shape index (κ1) is 13.7. The average Bonchev–Trinajstić information content (AvgIpc) is 3.22. The molecule has 0 unspecified atom stereocenters. The quantitative estimate of drug-likeness (QED) is 0.815. The van der Waals surface area contributed by atoms with E-state index in [2.05, 4.69) is 15.5 Å². The van der Waals surface area contributed by atoms with Crippen molar-refractivity contribution in [2.45, 2.75) is 25.8 Å². The third kappa shape index (κ3) is 2.76. The van der Waals surface area contributed by atoms with E-state index in [0.29, 0.717) is 23.0 Å². The lowest BCUT2D eigenvalue weighted by Gasteiger charge is -2.12. The van der Waals surface area contributed by atoms with Crippen LogP contribution >= 0.6 is 0 Å². The van der Waals surface area contributed by atoms with Gasteiger partial charge in [0.15, 0.2) is 5.82 Å². The Kier molecular flexibility index (Phi) is 3.64. The number of methoxy groups -OCH3 is 2. The Morgan fingerprint density at radius 2 is 2.10 bits per heavy atom. The standard InChI is InChI=1S/C14H19N5O2/c1-20-10-7-11(13(15)12(8-10)21-2)14-16-17-18-19(14)6-5-9-3-4-9/h7-9H,3-6,15H2,1-2H3. The highest BCUT2D eigenvalue weighted by Crippen LogP contribution is 2.37. The smallest absolute Gasteiger partial charge is 0.184 e. The Labute approximate surface area is 123 Å². The second-order valence-corrected chi connectivity index (χ2v) is 5.25. The summed E-state index contributed by atoms with van der Waals surface area (Å²) in [6.07, 6.45) is 3.72. The molecule has 2 aromatic rings. The SMILES string of the molecule is COc1cc(OC)c(N)c(-c2nnnn2CCC2CC2)c1. The third-order valence-corrected chi connectivity index (χ3v) is 3.79. The van der Waals surface area contributed by atoms with Gasteiger partial charge in [-0.3, -0.25) is 0 Å². The van der Waals surface area contributed by atoms with Gasteiger partial charge >= 0.3 is 0 Å². The normalized spacial score (nSPS) is 14.2. The van der Waals surface area contributed by atoms with Crippen LogP contribution in [0.15, 0.2) is 12.1 Å². The van der Waals surface area contributed by atoms with Gasteiger partial charge in [-0.2, -0.15) is 0 Å². The lowest BCUT2D eigenvalue weighted by molar-refractivity contribution is 0.396. The number of anilines is 1. The van der Waals surface area contributed by atoms with Gasteiger partial charge in [-0.05, 0) is 28.8 Å². The van der Waals surface area contributed by atoms with Crippen LogP contribution in [0.4, 0.5) is 5.69 Å². The predicted molar refractivity (Wildman–Crippen MR) is 78.1 cm³/mol. The van der Waals surface area contributed by atoms with Crippen LogP contribution in [0.3, 0.4) is 0 Å². The number of rotatable bonds is 6. The van der Waals surface area contributed by atoms with Crippen LogP contribution in [0.25, 0.3) is 11.4 Å². The summed E-state index contributed by atoms with van der Waals surface area (Å²) < 4.78 is 12.4. The maximum atomic E-state index is 6.16. The Bertz CT molecular complexity index is 636. The highest BCUT2D eigenvalue weighted by molar-refractivity contribution is 5.78. The van der Waals surface area contributed by atoms with E-state index in [0.717, 1.165) is 24.4 Å². The Morgan fingerprint density at radius 3 is 2.76 bits per heavy atom. The maximum absolute atomic E-state index is 6.16. The first-order chi connectivity index (χ1) is 10.2. The molecular weight excluding hydrogens is 270 g/mol. The number of nitrogens with two attached hydrogens (primary N) is 1. The fourth-order valence-corrected chi connectivity index (χ4v) is 2.33. The molecule has 2 N–H and O–H groups in total. The summed E-state index contributed by atoms with van der Waals surface area (Å²) in [5.41, 5.74) is 7.40. The van der Waals surface area contributed by atoms with Gasteiger partial charge in [0.1, 0.15) is 11.5 Å². The number of benzene rings is 1. The summed E-state index contributed by atoms with van der Waals surface area (Å²) in [4.78, 5) is 0. The summed E-state index contributed by atoms with van der Waals surface area (Å²) in [5, 5.41) is 11.9. The molecule has 0 atom stereocenters. The van der Waals surface area contributed by atoms with Gasteiger partial charge in [0.25, 0.3) is 0 Å². The lowest BCUT2D eigenvalue weighted by atomic mass is 10.1. The third-order valence-electron chi connectivity index (χ3n) is 3.79. The number of ether oxygens (including phenoxy) is 2. The number of aromatic nitrogens is 4. The Balaban J connectivity index is 1.96. The van der Waals surface area contributed by atoms with E-state index >= 15 is 0 Å². The molecular formula is C14H19N5O2. The number of tetrazole rings is 1. The van der Waals surface area contributed by atoms with Crippen molar-refractivity contribution >= 4 is 5.69 Å². The molecule has 0 aliphatic heterocycles. The molecule has 1 aromatic carbocycles. The summed E-state index contributed by atoms with van der Waals surface area (Å²) in [7, 11) is 3.18. The number of aryl methyl sites for hydroxylation is 1. The largest absolute Gasteiger partial charge is 0.497 e. The van der Waals surface area contributed by atoms with Crippen molar-refractivity contribution < 1.29 is 9.47 Å². The van der Waals surface area contributed by atoms with Gasteiger partial charge < -0.3 is 15.2 Å². The first-order valence-corrected chi connectivity index (χ1v) is 7.01. The maximum Gasteiger partial charge on any atom is 0.184 e. The minimum atomic E-state index is 0.515. The zero-order valence-electron chi connectivity index (χ0n) is 12.2. The van der Waals surface area contributed by atoms with Gasteiger partial charge in [-0.15, -0.1) is 5.10 Å². The molecule has 1 aliphatic carbocycles. The van der Waals surface area contributed by atoms with Crippen molar-refractivity contribution in [3.05, 3.63) is 12.1 Å². The second-order valence-electron chi connectivity index (χ2n) is 5.25. The lowest BCUT2D eigenvalue weighted by Crippen LogP contribution is -2.06. The minimum Gasteiger partial charge on any atom is -0.497 e. The fourth-order valence-electron chi connectivity index (χ4n) is 2.33. The second kappa shape index (κ2) is 5.59. The monoisotopic (exact) mass is 289 g/mol. The summed E-state index contributed by atoms with van der Waals surface area (Å²) >= 11 is 0. The zero-order valence-corrected chi connectivity index (χ0v) is 12.2. The number of nitrogens with zero attached hydrogens (tertiary/aromatic N) is 4. The van der Waals surface area contributed by atoms with E-state index in [1.54, 1.807) is 25.0 Å². The van der Waals surface area contributed by atoms with Crippen LogP contribution < -0.4 is 15.2 Å². The molecule has 1 aromatic heterocycles. The van der Waals surface area contributed by atoms with Crippen LogP contribution in [-0.4, -0.2) is 34.4 Å². The fraction of sp³-hybridized carbons (Fsp3) is 0.500. The van der Waals surface area contributed by atoms with Crippen molar-refractivity contribution in [3.8, 4) is 22.9 Å². The van der Waals surface area contributed by atoms with Crippen LogP contribution in [0.2, 0.25) is 0 Å². The van der Waals surface area contributed by atoms with E-state index in [-0.39, 0.29) is 0 Å². The van der Waals surface area contributed by atoms with Crippen molar-refractivity contribution in [1.29, 1.82) is 0 Å². The molecule has 1 aliphatic rings. The van der Waals surface area contributed by atoms with E-state index in [9.17, 15) is 0 Å². The average molecular weight is 289 g/mol. The van der Waals surface area contributed by atoms with Crippen LogP contribution in [0.1, 0.15) is 19.3 Å². The summed E-state index contributed by atoms with van der Waals surface area (Å²) in [6, 6.07) is 3.58. The van der Waals surface area contributed by atoms with Gasteiger partial charge in [0, 0.05) is 12.6 Å². The predicted octanol–water partition coefficient (Wildman–Crippen LogP) is 1.74. The molecule has 3 rings (SSSR count). The van der Waals surface area contributed by atoms with Crippen LogP contribution in [-0.2, 0) is 6.54 Å². The topological polar surface area (TPSA) is 88.1 Å². The van der Waals surface area contributed by atoms with Crippen LogP contribution in [0.5, 0.6) is 11.5 Å². The molecule has 0 saturated heterocycles. The molecule has 0 bridgehead atoms. The number of nitrogen functional groups attached to an aromatic ring is 1. The molecule has 7 heteroatoms. The van der Waals surface area contributed by atoms with Crippen molar-refractivity contribution in [2.75, 3.05) is 20.0 Å². The molecule has 0 amide bonds. The molecule has 1 saturated carbocycles. The molecule has 1 heterocycles. The van der Waals surface area contributed by atoms with Crippen molar-refractivity contribution in [2.24, 2.45) is 5.92 Å². The Hall–Kier alpha value is -2.31. The summed E-state index contributed by atoms with van der Waals surface area (Å²) in [6.45, 7) is 0.798. The van der Waals surface area contributed by atoms with Gasteiger partial charge in [0.05, 0.1) is 25.5 Å². The van der Waals surface area contributed by atoms with Gasteiger partial charge in [-0.25, -0.2) is 4.68 Å². The molecule has 7 nitrogen and oxygen atoms in total. The van der Waals surface area contributed by atoms with E-state index in [4.69, 9.17) is 15.2 Å². The van der Waals surface area contributed by atoms with Gasteiger partial charge in [-0.1, -0.05) is 12.8 Å². The molecule has 21 heavy (non-hydrogen) atoms. The first-order valence-electron chi connectivity index (χ1n) is 7.01. The molecule has 0 spiro atoms. The number of hydrogen-bond donors (Lipinski definition) is 1. The highest BCUT2D eigenvalue weighted by atomic mass is 16.5. The Morgan fingerprint density at radius 1 is 1.29 bits per heavy atom. The minimum absolute atomic E-state index is 0.515.